The Morgan fingerprint density at radius 2 is 1.79 bits per heavy atom. The maximum absolute atomic E-state index is 12.1. The molecule has 4 rings (SSSR count). The van der Waals surface area contributed by atoms with Crippen LogP contribution in [0, 0.1) is 5.92 Å². The van der Waals surface area contributed by atoms with E-state index in [1.165, 1.54) is 30.4 Å². The fraction of sp³-hybridized carbons (Fsp3) is 0.708. The molecule has 1 aromatic rings. The monoisotopic (exact) mass is 399 g/mol. The molecule has 1 saturated heterocycles. The van der Waals surface area contributed by atoms with Crippen molar-refractivity contribution in [3.05, 3.63) is 35.4 Å². The van der Waals surface area contributed by atoms with Gasteiger partial charge in [-0.1, -0.05) is 37.1 Å². The molecule has 1 amide bonds. The molecule has 0 bridgehead atoms. The van der Waals surface area contributed by atoms with E-state index in [9.17, 15) is 4.79 Å². The first-order valence-corrected chi connectivity index (χ1v) is 11.3. The van der Waals surface area contributed by atoms with E-state index in [1.807, 2.05) is 20.8 Å². The summed E-state index contributed by atoms with van der Waals surface area (Å²) in [5, 5.41) is 3.06. The van der Waals surface area contributed by atoms with Crippen LogP contribution in [0.3, 0.4) is 0 Å². The Bertz CT molecular complexity index is 709. The number of hydrogen-bond acceptors (Lipinski definition) is 4. The third kappa shape index (κ3) is 5.52. The molecule has 1 heterocycles. The summed E-state index contributed by atoms with van der Waals surface area (Å²) >= 11 is 0. The number of benzene rings is 1. The largest absolute Gasteiger partial charge is 0.444 e. The Kier molecular flexibility index (Phi) is 5.64. The average molecular weight is 400 g/mol. The van der Waals surface area contributed by atoms with Crippen LogP contribution in [0.5, 0.6) is 0 Å². The highest BCUT2D eigenvalue weighted by atomic mass is 16.6. The second-order valence-electron chi connectivity index (χ2n) is 10.4. The molecule has 0 spiro atoms. The zero-order valence-electron chi connectivity index (χ0n) is 18.2. The van der Waals surface area contributed by atoms with Crippen molar-refractivity contribution < 1.29 is 9.53 Å². The van der Waals surface area contributed by atoms with Crippen molar-refractivity contribution in [1.82, 2.24) is 10.2 Å². The smallest absolute Gasteiger partial charge is 0.407 e. The van der Waals surface area contributed by atoms with Crippen molar-refractivity contribution in [1.29, 1.82) is 0 Å². The summed E-state index contributed by atoms with van der Waals surface area (Å²) in [7, 11) is 0. The van der Waals surface area contributed by atoms with Crippen LogP contribution in [0.15, 0.2) is 24.3 Å². The van der Waals surface area contributed by atoms with Gasteiger partial charge in [-0.3, -0.25) is 4.90 Å². The van der Waals surface area contributed by atoms with E-state index in [4.69, 9.17) is 10.5 Å². The van der Waals surface area contributed by atoms with E-state index < -0.39 is 5.60 Å². The molecule has 0 radical (unpaired) electrons. The highest BCUT2D eigenvalue weighted by molar-refractivity contribution is 5.68. The molecule has 2 saturated carbocycles. The van der Waals surface area contributed by atoms with Gasteiger partial charge in [0.05, 0.1) is 0 Å². The van der Waals surface area contributed by atoms with Gasteiger partial charge in [-0.25, -0.2) is 4.79 Å². The Labute approximate surface area is 175 Å². The van der Waals surface area contributed by atoms with Gasteiger partial charge in [0.15, 0.2) is 0 Å². The highest BCUT2D eigenvalue weighted by Crippen LogP contribution is 2.44. The number of rotatable bonds is 6. The van der Waals surface area contributed by atoms with Gasteiger partial charge in [0.25, 0.3) is 0 Å². The van der Waals surface area contributed by atoms with Crippen molar-refractivity contribution in [2.75, 3.05) is 13.1 Å². The predicted molar refractivity (Wildman–Crippen MR) is 116 cm³/mol. The van der Waals surface area contributed by atoms with Crippen LogP contribution in [0.2, 0.25) is 0 Å². The quantitative estimate of drug-likeness (QED) is 0.741. The van der Waals surface area contributed by atoms with E-state index in [-0.39, 0.29) is 17.7 Å². The maximum atomic E-state index is 12.1. The Balaban J connectivity index is 1.35. The first-order chi connectivity index (χ1) is 13.7. The normalized spacial score (nSPS) is 23.4. The van der Waals surface area contributed by atoms with Gasteiger partial charge in [-0.15, -0.1) is 0 Å². The van der Waals surface area contributed by atoms with Crippen LogP contribution in [0.1, 0.15) is 82.9 Å². The molecule has 160 valence electrons. The van der Waals surface area contributed by atoms with Crippen LogP contribution in [0.4, 0.5) is 4.79 Å². The topological polar surface area (TPSA) is 67.6 Å². The molecule has 5 nitrogen and oxygen atoms in total. The third-order valence-electron chi connectivity index (χ3n) is 6.60. The number of piperidine rings is 1. The number of nitrogens with one attached hydrogen (secondary N) is 1. The number of ether oxygens (including phenoxy) is 1. The Hall–Kier alpha value is -1.59. The van der Waals surface area contributed by atoms with Gasteiger partial charge in [0.1, 0.15) is 5.60 Å². The summed E-state index contributed by atoms with van der Waals surface area (Å²) in [6, 6.07) is 9.79. The second kappa shape index (κ2) is 7.92. The number of hydrogen-bond donors (Lipinski definition) is 2. The summed E-state index contributed by atoms with van der Waals surface area (Å²) in [5.74, 6) is 0.876. The maximum Gasteiger partial charge on any atom is 0.407 e. The summed E-state index contributed by atoms with van der Waals surface area (Å²) in [6.07, 6.45) is 7.86. The number of carbonyl (C=O) groups excluding carboxylic acids is 1. The number of nitrogens with two attached hydrogens (primary N) is 1. The fourth-order valence-electron chi connectivity index (χ4n) is 4.46. The van der Waals surface area contributed by atoms with Gasteiger partial charge in [-0.05, 0) is 69.9 Å². The molecule has 1 aromatic carbocycles. The number of nitrogens with zero attached hydrogens (tertiary/aromatic N) is 1. The molecule has 29 heavy (non-hydrogen) atoms. The molecule has 3 aliphatic rings. The zero-order chi connectivity index (χ0) is 20.6. The lowest BCUT2D eigenvalue weighted by Crippen LogP contribution is -2.47. The minimum Gasteiger partial charge on any atom is -0.444 e. The first kappa shape index (κ1) is 20.7. The van der Waals surface area contributed by atoms with Crippen LogP contribution in [0.25, 0.3) is 0 Å². The minimum absolute atomic E-state index is 0.0593. The van der Waals surface area contributed by atoms with Crippen molar-refractivity contribution >= 4 is 6.09 Å². The lowest BCUT2D eigenvalue weighted by atomic mass is 9.93. The Morgan fingerprint density at radius 1 is 1.17 bits per heavy atom. The van der Waals surface area contributed by atoms with E-state index in [2.05, 4.69) is 34.5 Å². The minimum atomic E-state index is -0.450. The van der Waals surface area contributed by atoms with Crippen LogP contribution >= 0.6 is 0 Å². The fourth-order valence-corrected chi connectivity index (χ4v) is 4.46. The predicted octanol–water partition coefficient (Wildman–Crippen LogP) is 4.46. The molecule has 1 atom stereocenters. The lowest BCUT2D eigenvalue weighted by molar-refractivity contribution is 0.0465. The summed E-state index contributed by atoms with van der Waals surface area (Å²) in [4.78, 5) is 14.7. The van der Waals surface area contributed by atoms with Gasteiger partial charge in [0.2, 0.25) is 0 Å². The molecule has 1 unspecified atom stereocenters. The highest BCUT2D eigenvalue weighted by Gasteiger charge is 2.40. The number of amides is 1. The Morgan fingerprint density at radius 3 is 2.31 bits per heavy atom. The number of likely N-dealkylation sites (tertiary alicyclic amines) is 1. The van der Waals surface area contributed by atoms with Gasteiger partial charge in [0, 0.05) is 30.7 Å². The van der Waals surface area contributed by atoms with E-state index in [1.54, 1.807) is 0 Å². The molecular weight excluding hydrogens is 362 g/mol. The van der Waals surface area contributed by atoms with Crippen LogP contribution in [-0.4, -0.2) is 35.7 Å². The average Bonchev–Trinajstić information content (AvgIpc) is 3.57. The SMILES string of the molecule is CC(C)(C)OC(=O)NC1CCN(C(CC2CC2)c2ccc(C3(N)CC3)cc2)CC1. The summed E-state index contributed by atoms with van der Waals surface area (Å²) in [6.45, 7) is 7.73. The van der Waals surface area contributed by atoms with Crippen molar-refractivity contribution in [2.45, 2.75) is 88.9 Å². The van der Waals surface area contributed by atoms with Gasteiger partial charge in [-0.2, -0.15) is 0 Å². The third-order valence-corrected chi connectivity index (χ3v) is 6.60. The molecule has 2 aliphatic carbocycles. The molecule has 3 fully saturated rings. The number of alkyl carbamates (subject to hydrolysis) is 1. The second-order valence-corrected chi connectivity index (χ2v) is 10.4. The van der Waals surface area contributed by atoms with E-state index >= 15 is 0 Å². The van der Waals surface area contributed by atoms with E-state index in [0.29, 0.717) is 6.04 Å². The molecular formula is C24H37N3O2. The molecule has 1 aliphatic heterocycles. The van der Waals surface area contributed by atoms with E-state index in [0.717, 1.165) is 44.7 Å². The lowest BCUT2D eigenvalue weighted by Gasteiger charge is -2.38. The molecule has 0 aromatic heterocycles. The number of carbonyl (C=O) groups is 1. The first-order valence-electron chi connectivity index (χ1n) is 11.3. The van der Waals surface area contributed by atoms with Crippen molar-refractivity contribution in [3.8, 4) is 0 Å². The van der Waals surface area contributed by atoms with Gasteiger partial charge < -0.3 is 15.8 Å². The van der Waals surface area contributed by atoms with Crippen molar-refractivity contribution in [3.63, 3.8) is 0 Å². The molecule has 5 heteroatoms. The van der Waals surface area contributed by atoms with Gasteiger partial charge >= 0.3 is 6.09 Å². The van der Waals surface area contributed by atoms with Crippen molar-refractivity contribution in [2.24, 2.45) is 11.7 Å². The van der Waals surface area contributed by atoms with Crippen LogP contribution < -0.4 is 11.1 Å². The standard InChI is InChI=1S/C24H37N3O2/c1-23(2,3)29-22(28)26-20-10-14-27(15-11-20)21(16-17-4-5-17)18-6-8-19(9-7-18)24(25)12-13-24/h6-9,17,20-21H,4-5,10-16,25H2,1-3H3,(H,26,28). The summed E-state index contributed by atoms with van der Waals surface area (Å²) < 4.78 is 5.41. The zero-order valence-corrected chi connectivity index (χ0v) is 18.2. The van der Waals surface area contributed by atoms with Crippen LogP contribution in [-0.2, 0) is 10.3 Å². The molecule has 3 N–H and O–H groups in total. The summed E-state index contributed by atoms with van der Waals surface area (Å²) in [5.41, 5.74) is 8.56.